The highest BCUT2D eigenvalue weighted by atomic mass is 16.6. The molecule has 3 rings (SSSR count). The summed E-state index contributed by atoms with van der Waals surface area (Å²) in [6, 6.07) is 4.03. The quantitative estimate of drug-likeness (QED) is 0.445. The van der Waals surface area contributed by atoms with E-state index in [-0.39, 0.29) is 46.1 Å². The summed E-state index contributed by atoms with van der Waals surface area (Å²) < 4.78 is 17.0. The predicted molar refractivity (Wildman–Crippen MR) is 117 cm³/mol. The van der Waals surface area contributed by atoms with Crippen LogP contribution in [0, 0.1) is 27.4 Å². The molecule has 1 aromatic rings. The average Bonchev–Trinajstić information content (AvgIpc) is 3.01. The van der Waals surface area contributed by atoms with Crippen molar-refractivity contribution in [3.05, 3.63) is 33.9 Å². The Hall–Kier alpha value is -2.15. The molecule has 2 aliphatic carbocycles. The Balaban J connectivity index is 1.90. The van der Waals surface area contributed by atoms with Gasteiger partial charge < -0.3 is 14.2 Å². The first-order valence-corrected chi connectivity index (χ1v) is 11.1. The highest BCUT2D eigenvalue weighted by Gasteiger charge is 2.56. The van der Waals surface area contributed by atoms with Crippen molar-refractivity contribution in [2.24, 2.45) is 17.3 Å². The molecule has 0 bridgehead atoms. The van der Waals surface area contributed by atoms with E-state index in [4.69, 9.17) is 14.2 Å². The molecule has 2 aliphatic rings. The average molecular weight is 434 g/mol. The van der Waals surface area contributed by atoms with Crippen molar-refractivity contribution in [3.8, 4) is 11.5 Å². The minimum absolute atomic E-state index is 0.0686. The van der Waals surface area contributed by atoms with E-state index in [0.29, 0.717) is 23.5 Å². The van der Waals surface area contributed by atoms with Crippen LogP contribution in [-0.2, 0) is 9.53 Å². The number of ether oxygens (including phenoxy) is 3. The van der Waals surface area contributed by atoms with Gasteiger partial charge in [0.05, 0.1) is 25.9 Å². The van der Waals surface area contributed by atoms with E-state index >= 15 is 0 Å². The summed E-state index contributed by atoms with van der Waals surface area (Å²) in [4.78, 5) is 24.8. The van der Waals surface area contributed by atoms with E-state index in [1.165, 1.54) is 14.2 Å². The second kappa shape index (κ2) is 8.77. The van der Waals surface area contributed by atoms with Crippen molar-refractivity contribution in [1.82, 2.24) is 0 Å². The molecule has 0 spiro atoms. The van der Waals surface area contributed by atoms with E-state index in [9.17, 15) is 14.9 Å². The number of carbonyl (C=O) groups is 1. The number of nitrogens with zero attached hydrogens (tertiary/aromatic N) is 1. The molecule has 2 fully saturated rings. The molecule has 0 radical (unpaired) electrons. The molecule has 0 saturated heterocycles. The van der Waals surface area contributed by atoms with Crippen molar-refractivity contribution in [2.45, 2.75) is 77.5 Å². The van der Waals surface area contributed by atoms with Gasteiger partial charge in [-0.25, -0.2) is 0 Å². The van der Waals surface area contributed by atoms with Crippen LogP contribution >= 0.6 is 0 Å². The Labute approximate surface area is 184 Å². The number of fused-ring (bicyclic) bond motifs is 1. The minimum Gasteiger partial charge on any atom is -0.497 e. The van der Waals surface area contributed by atoms with Crippen molar-refractivity contribution in [1.29, 1.82) is 0 Å². The fourth-order valence-corrected chi connectivity index (χ4v) is 5.56. The van der Waals surface area contributed by atoms with Gasteiger partial charge in [-0.05, 0) is 63.5 Å². The van der Waals surface area contributed by atoms with Crippen LogP contribution < -0.4 is 9.47 Å². The minimum atomic E-state index is -0.997. The van der Waals surface area contributed by atoms with Crippen molar-refractivity contribution < 1.29 is 23.9 Å². The smallest absolute Gasteiger partial charge is 0.239 e. The number of carbonyl (C=O) groups excluding carboxylic acids is 1. The van der Waals surface area contributed by atoms with Crippen LogP contribution in [0.2, 0.25) is 0 Å². The standard InChI is InChI=1S/C24H35NO6/c1-23(2,3)31-22-8-7-19-18(21(26)9-10-24(19,22)4)14-20(25(27)28)15-11-16(29-5)13-17(12-15)30-6/h11-13,18-20,22H,7-10,14H2,1-6H3/t18-,19-,20?,22-,24-/m0/s1. The lowest BCUT2D eigenvalue weighted by molar-refractivity contribution is -0.531. The molecule has 5 atom stereocenters. The molecule has 7 nitrogen and oxygen atoms in total. The van der Waals surface area contributed by atoms with Crippen LogP contribution in [0.3, 0.4) is 0 Å². The largest absolute Gasteiger partial charge is 0.497 e. The topological polar surface area (TPSA) is 87.9 Å². The zero-order chi connectivity index (χ0) is 23.0. The van der Waals surface area contributed by atoms with Crippen LogP contribution in [0.25, 0.3) is 0 Å². The SMILES string of the molecule is COc1cc(OC)cc(C(C[C@@H]2C(=O)CC[C@]3(C)[C@@H](OC(C)(C)C)CC[C@@H]23)[N+](=O)[O-])c1. The third-order valence-corrected chi connectivity index (χ3v) is 7.12. The predicted octanol–water partition coefficient (Wildman–Crippen LogP) is 4.99. The highest BCUT2D eigenvalue weighted by Crippen LogP contribution is 2.56. The summed E-state index contributed by atoms with van der Waals surface area (Å²) in [7, 11) is 3.04. The number of rotatable bonds is 7. The van der Waals surface area contributed by atoms with Crippen LogP contribution in [0.15, 0.2) is 18.2 Å². The number of Topliss-reactive ketones (excluding diaryl/α,β-unsaturated/α-hetero) is 1. The fourth-order valence-electron chi connectivity index (χ4n) is 5.56. The second-order valence-electron chi connectivity index (χ2n) is 10.2. The molecule has 1 unspecified atom stereocenters. The summed E-state index contributed by atoms with van der Waals surface area (Å²) in [5.74, 6) is 0.887. The molecule has 0 amide bonds. The Morgan fingerprint density at radius 1 is 1.16 bits per heavy atom. The lowest BCUT2D eigenvalue weighted by Crippen LogP contribution is -2.46. The second-order valence-corrected chi connectivity index (χ2v) is 10.2. The number of ketones is 1. The Morgan fingerprint density at radius 3 is 2.29 bits per heavy atom. The van der Waals surface area contributed by atoms with E-state index in [2.05, 4.69) is 6.92 Å². The van der Waals surface area contributed by atoms with Gasteiger partial charge in [-0.2, -0.15) is 0 Å². The van der Waals surface area contributed by atoms with E-state index in [1.54, 1.807) is 18.2 Å². The maximum atomic E-state index is 13.0. The third-order valence-electron chi connectivity index (χ3n) is 7.12. The lowest BCUT2D eigenvalue weighted by Gasteiger charge is -2.45. The zero-order valence-corrected chi connectivity index (χ0v) is 19.5. The summed E-state index contributed by atoms with van der Waals surface area (Å²) in [6.07, 6.45) is 3.24. The van der Waals surface area contributed by atoms with Gasteiger partial charge in [-0.15, -0.1) is 0 Å². The molecule has 2 saturated carbocycles. The molecule has 1 aromatic carbocycles. The number of hydrogen-bond acceptors (Lipinski definition) is 6. The summed E-state index contributed by atoms with van der Waals surface area (Å²) in [6.45, 7) is 8.35. The van der Waals surface area contributed by atoms with Gasteiger partial charge in [0.1, 0.15) is 17.3 Å². The Morgan fingerprint density at radius 2 is 1.77 bits per heavy atom. The van der Waals surface area contributed by atoms with Gasteiger partial charge >= 0.3 is 0 Å². The van der Waals surface area contributed by atoms with E-state index < -0.39 is 6.04 Å². The van der Waals surface area contributed by atoms with Gasteiger partial charge in [0.25, 0.3) is 0 Å². The van der Waals surface area contributed by atoms with Gasteiger partial charge in [-0.3, -0.25) is 14.9 Å². The monoisotopic (exact) mass is 433 g/mol. The van der Waals surface area contributed by atoms with Crippen molar-refractivity contribution in [3.63, 3.8) is 0 Å². The molecular formula is C24H35NO6. The normalized spacial score (nSPS) is 29.4. The van der Waals surface area contributed by atoms with Crippen molar-refractivity contribution in [2.75, 3.05) is 14.2 Å². The molecule has 0 N–H and O–H groups in total. The van der Waals surface area contributed by atoms with Gasteiger partial charge in [-0.1, -0.05) is 6.92 Å². The first-order valence-electron chi connectivity index (χ1n) is 11.1. The summed E-state index contributed by atoms with van der Waals surface area (Å²) in [5.41, 5.74) is 0.0980. The van der Waals surface area contributed by atoms with Crippen LogP contribution in [0.1, 0.15) is 71.4 Å². The molecule has 0 heterocycles. The molecule has 172 valence electrons. The van der Waals surface area contributed by atoms with Crippen LogP contribution in [0.5, 0.6) is 11.5 Å². The van der Waals surface area contributed by atoms with Gasteiger partial charge in [0.15, 0.2) is 0 Å². The first-order chi connectivity index (χ1) is 14.5. The zero-order valence-electron chi connectivity index (χ0n) is 19.5. The maximum absolute atomic E-state index is 13.0. The van der Waals surface area contributed by atoms with Crippen LogP contribution in [0.4, 0.5) is 0 Å². The number of hydrogen-bond donors (Lipinski definition) is 0. The summed E-state index contributed by atoms with van der Waals surface area (Å²) >= 11 is 0. The number of benzene rings is 1. The van der Waals surface area contributed by atoms with Crippen LogP contribution in [-0.4, -0.2) is 36.6 Å². The van der Waals surface area contributed by atoms with Gasteiger partial charge in [0.2, 0.25) is 6.04 Å². The van der Waals surface area contributed by atoms with E-state index in [0.717, 1.165) is 19.3 Å². The number of nitro groups is 1. The lowest BCUT2D eigenvalue weighted by atomic mass is 9.61. The molecular weight excluding hydrogens is 398 g/mol. The molecule has 7 heteroatoms. The highest BCUT2D eigenvalue weighted by molar-refractivity contribution is 5.82. The molecule has 31 heavy (non-hydrogen) atoms. The van der Waals surface area contributed by atoms with Gasteiger partial charge in [0, 0.05) is 35.3 Å². The van der Waals surface area contributed by atoms with Crippen molar-refractivity contribution >= 4 is 5.78 Å². The Bertz CT molecular complexity index is 810. The fraction of sp³-hybridized carbons (Fsp3) is 0.708. The Kier molecular flexibility index (Phi) is 6.65. The molecule has 0 aromatic heterocycles. The van der Waals surface area contributed by atoms with E-state index in [1.807, 2.05) is 20.8 Å². The third kappa shape index (κ3) is 4.86. The molecule has 0 aliphatic heterocycles. The first kappa shape index (κ1) is 23.5. The maximum Gasteiger partial charge on any atom is 0.239 e. The number of methoxy groups -OCH3 is 2. The summed E-state index contributed by atoms with van der Waals surface area (Å²) in [5, 5.41) is 12.1.